The van der Waals surface area contributed by atoms with Gasteiger partial charge in [0.05, 0.1) is 23.9 Å². The molecule has 3 aromatic rings. The summed E-state index contributed by atoms with van der Waals surface area (Å²) in [6.45, 7) is 5.05. The standard InChI is InChI=1S/C24H24ClNO3/c1-3-11-29-24-20(25)12-16(13-21(24)28-4-2)19-14-22(27)26-23-17-8-6-5-7-15(17)9-10-18(19)23/h5-10,12-13,19H,3-4,11,14H2,1-2H3,(H,26,27)/t19-/m0/s1. The highest BCUT2D eigenvalue weighted by Gasteiger charge is 2.29. The van der Waals surface area contributed by atoms with E-state index in [1.54, 1.807) is 0 Å². The zero-order valence-corrected chi connectivity index (χ0v) is 17.4. The number of amides is 1. The Morgan fingerprint density at radius 2 is 1.93 bits per heavy atom. The van der Waals surface area contributed by atoms with E-state index in [0.29, 0.717) is 36.2 Å². The number of rotatable bonds is 6. The maximum atomic E-state index is 12.6. The molecule has 1 N–H and O–H groups in total. The summed E-state index contributed by atoms with van der Waals surface area (Å²) in [4.78, 5) is 12.6. The fraction of sp³-hybridized carbons (Fsp3) is 0.292. The van der Waals surface area contributed by atoms with Gasteiger partial charge in [-0.2, -0.15) is 0 Å². The van der Waals surface area contributed by atoms with E-state index in [2.05, 4.69) is 23.5 Å². The molecule has 0 aromatic heterocycles. The van der Waals surface area contributed by atoms with Crippen molar-refractivity contribution in [2.45, 2.75) is 32.6 Å². The lowest BCUT2D eigenvalue weighted by molar-refractivity contribution is -0.116. The minimum absolute atomic E-state index is 0.000699. The van der Waals surface area contributed by atoms with Gasteiger partial charge in [-0.3, -0.25) is 4.79 Å². The molecule has 5 heteroatoms. The lowest BCUT2D eigenvalue weighted by Crippen LogP contribution is -2.23. The van der Waals surface area contributed by atoms with Gasteiger partial charge in [-0.1, -0.05) is 54.9 Å². The molecule has 0 spiro atoms. The van der Waals surface area contributed by atoms with Crippen molar-refractivity contribution in [3.63, 3.8) is 0 Å². The second kappa shape index (κ2) is 8.34. The van der Waals surface area contributed by atoms with Gasteiger partial charge in [0, 0.05) is 17.7 Å². The normalized spacial score (nSPS) is 15.7. The van der Waals surface area contributed by atoms with Crippen molar-refractivity contribution in [3.8, 4) is 11.5 Å². The number of hydrogen-bond donors (Lipinski definition) is 1. The number of hydrogen-bond acceptors (Lipinski definition) is 3. The lowest BCUT2D eigenvalue weighted by Gasteiger charge is -2.28. The van der Waals surface area contributed by atoms with Crippen molar-refractivity contribution in [2.75, 3.05) is 18.5 Å². The van der Waals surface area contributed by atoms with E-state index in [1.807, 2.05) is 44.2 Å². The van der Waals surface area contributed by atoms with Crippen LogP contribution in [0.25, 0.3) is 10.8 Å². The zero-order valence-electron chi connectivity index (χ0n) is 16.6. The lowest BCUT2D eigenvalue weighted by atomic mass is 9.83. The second-order valence-electron chi connectivity index (χ2n) is 7.17. The molecule has 0 aliphatic carbocycles. The van der Waals surface area contributed by atoms with Gasteiger partial charge in [-0.15, -0.1) is 0 Å². The molecule has 0 fully saturated rings. The van der Waals surface area contributed by atoms with Gasteiger partial charge >= 0.3 is 0 Å². The van der Waals surface area contributed by atoms with Crippen LogP contribution in [0.4, 0.5) is 5.69 Å². The number of benzene rings is 3. The number of nitrogens with one attached hydrogen (secondary N) is 1. The van der Waals surface area contributed by atoms with Crippen molar-refractivity contribution in [2.24, 2.45) is 0 Å². The van der Waals surface area contributed by atoms with Crippen LogP contribution in [0.5, 0.6) is 11.5 Å². The van der Waals surface area contributed by atoms with Gasteiger partial charge < -0.3 is 14.8 Å². The summed E-state index contributed by atoms with van der Waals surface area (Å²) >= 11 is 6.58. The van der Waals surface area contributed by atoms with Crippen molar-refractivity contribution < 1.29 is 14.3 Å². The molecule has 0 saturated heterocycles. The summed E-state index contributed by atoms with van der Waals surface area (Å²) in [7, 11) is 0. The maximum Gasteiger partial charge on any atom is 0.225 e. The Labute approximate surface area is 175 Å². The number of ether oxygens (including phenoxy) is 2. The highest BCUT2D eigenvalue weighted by atomic mass is 35.5. The average Bonchev–Trinajstić information content (AvgIpc) is 2.72. The van der Waals surface area contributed by atoms with Crippen LogP contribution in [0.3, 0.4) is 0 Å². The average molecular weight is 410 g/mol. The van der Waals surface area contributed by atoms with Crippen LogP contribution in [-0.2, 0) is 4.79 Å². The Hall–Kier alpha value is -2.72. The number of halogens is 1. The van der Waals surface area contributed by atoms with Crippen LogP contribution >= 0.6 is 11.6 Å². The highest BCUT2D eigenvalue weighted by Crippen LogP contribution is 2.45. The predicted molar refractivity (Wildman–Crippen MR) is 117 cm³/mol. The Morgan fingerprint density at radius 3 is 2.72 bits per heavy atom. The first kappa shape index (κ1) is 19.6. The molecule has 1 heterocycles. The summed E-state index contributed by atoms with van der Waals surface area (Å²) in [5.74, 6) is 1.09. The summed E-state index contributed by atoms with van der Waals surface area (Å²) < 4.78 is 11.6. The number of anilines is 1. The van der Waals surface area contributed by atoms with Gasteiger partial charge in [-0.25, -0.2) is 0 Å². The molecule has 0 saturated carbocycles. The molecule has 1 aliphatic heterocycles. The maximum absolute atomic E-state index is 12.6. The van der Waals surface area contributed by atoms with Crippen LogP contribution in [0.2, 0.25) is 5.02 Å². The van der Waals surface area contributed by atoms with Crippen molar-refractivity contribution >= 4 is 34.0 Å². The Balaban J connectivity index is 1.83. The topological polar surface area (TPSA) is 47.6 Å². The van der Waals surface area contributed by atoms with Gasteiger partial charge in [0.1, 0.15) is 0 Å². The SMILES string of the molecule is CCCOc1c(Cl)cc([C@@H]2CC(=O)Nc3c2ccc2ccccc32)cc1OCC. The summed E-state index contributed by atoms with van der Waals surface area (Å²) in [5.41, 5.74) is 2.92. The number of carbonyl (C=O) groups excluding carboxylic acids is 1. The molecule has 29 heavy (non-hydrogen) atoms. The second-order valence-corrected chi connectivity index (χ2v) is 7.57. The van der Waals surface area contributed by atoms with Crippen LogP contribution < -0.4 is 14.8 Å². The van der Waals surface area contributed by atoms with Gasteiger partial charge in [0.15, 0.2) is 11.5 Å². The molecule has 1 aliphatic rings. The molecular formula is C24H24ClNO3. The van der Waals surface area contributed by atoms with Crippen molar-refractivity contribution in [1.29, 1.82) is 0 Å². The minimum atomic E-state index is -0.0970. The van der Waals surface area contributed by atoms with E-state index in [1.165, 1.54) is 0 Å². The highest BCUT2D eigenvalue weighted by molar-refractivity contribution is 6.32. The first-order chi connectivity index (χ1) is 14.1. The third kappa shape index (κ3) is 3.77. The van der Waals surface area contributed by atoms with E-state index in [-0.39, 0.29) is 11.8 Å². The van der Waals surface area contributed by atoms with E-state index in [9.17, 15) is 4.79 Å². The van der Waals surface area contributed by atoms with E-state index in [0.717, 1.165) is 34.0 Å². The third-order valence-electron chi connectivity index (χ3n) is 5.18. The monoisotopic (exact) mass is 409 g/mol. The molecule has 0 bridgehead atoms. The van der Waals surface area contributed by atoms with Gasteiger partial charge in [-0.05, 0) is 42.0 Å². The molecule has 3 aromatic carbocycles. The molecule has 0 radical (unpaired) electrons. The molecule has 4 nitrogen and oxygen atoms in total. The van der Waals surface area contributed by atoms with Crippen molar-refractivity contribution in [3.05, 3.63) is 64.7 Å². The quantitative estimate of drug-likeness (QED) is 0.530. The van der Waals surface area contributed by atoms with Gasteiger partial charge in [0.2, 0.25) is 5.91 Å². The largest absolute Gasteiger partial charge is 0.490 e. The predicted octanol–water partition coefficient (Wildman–Crippen LogP) is 6.15. The molecule has 1 atom stereocenters. The first-order valence-corrected chi connectivity index (χ1v) is 10.4. The Morgan fingerprint density at radius 1 is 1.10 bits per heavy atom. The first-order valence-electron chi connectivity index (χ1n) is 10.0. The van der Waals surface area contributed by atoms with Crippen LogP contribution in [0.1, 0.15) is 43.7 Å². The van der Waals surface area contributed by atoms with E-state index < -0.39 is 0 Å². The Kier molecular flexibility index (Phi) is 5.63. The molecule has 150 valence electrons. The smallest absolute Gasteiger partial charge is 0.225 e. The zero-order chi connectivity index (χ0) is 20.4. The minimum Gasteiger partial charge on any atom is -0.490 e. The summed E-state index contributed by atoms with van der Waals surface area (Å²) in [6.07, 6.45) is 1.25. The van der Waals surface area contributed by atoms with Crippen LogP contribution in [-0.4, -0.2) is 19.1 Å². The molecular weight excluding hydrogens is 386 g/mol. The van der Waals surface area contributed by atoms with E-state index in [4.69, 9.17) is 21.1 Å². The fourth-order valence-electron chi connectivity index (χ4n) is 3.90. The number of fused-ring (bicyclic) bond motifs is 3. The summed E-state index contributed by atoms with van der Waals surface area (Å²) in [6, 6.07) is 16.1. The van der Waals surface area contributed by atoms with Crippen LogP contribution in [0, 0.1) is 0 Å². The van der Waals surface area contributed by atoms with Gasteiger partial charge in [0.25, 0.3) is 0 Å². The molecule has 1 amide bonds. The summed E-state index contributed by atoms with van der Waals surface area (Å²) in [5, 5.41) is 5.72. The molecule has 0 unspecified atom stereocenters. The third-order valence-corrected chi connectivity index (χ3v) is 5.46. The van der Waals surface area contributed by atoms with Crippen molar-refractivity contribution in [1.82, 2.24) is 0 Å². The molecule has 4 rings (SSSR count). The number of carbonyl (C=O) groups is 1. The Bertz CT molecular complexity index is 1060. The van der Waals surface area contributed by atoms with E-state index >= 15 is 0 Å². The fourth-order valence-corrected chi connectivity index (χ4v) is 4.17. The van der Waals surface area contributed by atoms with Crippen LogP contribution in [0.15, 0.2) is 48.5 Å².